The van der Waals surface area contributed by atoms with Gasteiger partial charge in [0.25, 0.3) is 0 Å². The van der Waals surface area contributed by atoms with E-state index in [0.29, 0.717) is 12.3 Å². The van der Waals surface area contributed by atoms with Gasteiger partial charge in [-0.2, -0.15) is 5.26 Å². The average Bonchev–Trinajstić information content (AvgIpc) is 2.19. The van der Waals surface area contributed by atoms with Crippen molar-refractivity contribution in [2.75, 3.05) is 0 Å². The second-order valence-electron chi connectivity index (χ2n) is 2.64. The molecule has 0 aromatic heterocycles. The van der Waals surface area contributed by atoms with Crippen molar-refractivity contribution in [1.82, 2.24) is 0 Å². The van der Waals surface area contributed by atoms with E-state index in [1.54, 1.807) is 0 Å². The van der Waals surface area contributed by atoms with Crippen molar-refractivity contribution >= 4 is 17.7 Å². The summed E-state index contributed by atoms with van der Waals surface area (Å²) in [6.45, 7) is 0. The molecule has 0 atom stereocenters. The Kier molecular flexibility index (Phi) is 4.08. The molecule has 2 heteroatoms. The molecule has 0 aliphatic heterocycles. The molecule has 1 aromatic carbocycles. The Morgan fingerprint density at radius 2 is 2.31 bits per heavy atom. The van der Waals surface area contributed by atoms with Gasteiger partial charge in [-0.15, -0.1) is 11.6 Å². The molecule has 0 aliphatic carbocycles. The Morgan fingerprint density at radius 3 is 3.00 bits per heavy atom. The Bertz CT molecular complexity index is 336. The van der Waals surface area contributed by atoms with E-state index in [0.717, 1.165) is 11.1 Å². The van der Waals surface area contributed by atoms with E-state index in [1.807, 2.05) is 36.4 Å². The van der Waals surface area contributed by atoms with Crippen molar-refractivity contribution in [1.29, 1.82) is 5.26 Å². The average molecular weight is 192 g/mol. The largest absolute Gasteiger partial charge is 0.198 e. The first-order chi connectivity index (χ1) is 6.36. The van der Waals surface area contributed by atoms with Gasteiger partial charge in [-0.1, -0.05) is 36.4 Å². The van der Waals surface area contributed by atoms with Crippen molar-refractivity contribution in [3.63, 3.8) is 0 Å². The van der Waals surface area contributed by atoms with Crippen molar-refractivity contribution in [3.05, 3.63) is 41.5 Å². The highest BCUT2D eigenvalue weighted by molar-refractivity contribution is 6.17. The first-order valence-electron chi connectivity index (χ1n) is 4.05. The zero-order valence-corrected chi connectivity index (χ0v) is 7.96. The highest BCUT2D eigenvalue weighted by Gasteiger charge is 1.90. The van der Waals surface area contributed by atoms with Crippen LogP contribution in [0.25, 0.3) is 6.08 Å². The maximum atomic E-state index is 8.32. The van der Waals surface area contributed by atoms with Crippen molar-refractivity contribution < 1.29 is 0 Å². The Balaban J connectivity index is 2.73. The molecule has 0 radical (unpaired) electrons. The molecule has 0 unspecified atom stereocenters. The second kappa shape index (κ2) is 5.40. The highest BCUT2D eigenvalue weighted by atomic mass is 35.5. The minimum atomic E-state index is 0.450. The van der Waals surface area contributed by atoms with Gasteiger partial charge in [0.15, 0.2) is 0 Å². The molecule has 0 N–H and O–H groups in total. The zero-order valence-electron chi connectivity index (χ0n) is 7.20. The molecule has 0 fully saturated rings. The van der Waals surface area contributed by atoms with E-state index in [-0.39, 0.29) is 0 Å². The number of halogens is 1. The summed E-state index contributed by atoms with van der Waals surface area (Å²) in [5.41, 5.74) is 2.19. The van der Waals surface area contributed by atoms with Crippen LogP contribution in [0.4, 0.5) is 0 Å². The smallest absolute Gasteiger partial charge is 0.0663 e. The molecule has 1 nitrogen and oxygen atoms in total. The lowest BCUT2D eigenvalue weighted by molar-refractivity contribution is 1.36. The van der Waals surface area contributed by atoms with Crippen molar-refractivity contribution in [2.45, 2.75) is 12.3 Å². The van der Waals surface area contributed by atoms with Crippen LogP contribution in [0.15, 0.2) is 30.3 Å². The normalized spacial score (nSPS) is 10.2. The minimum absolute atomic E-state index is 0.450. The molecule has 0 bridgehead atoms. The summed E-state index contributed by atoms with van der Waals surface area (Å²) >= 11 is 5.68. The van der Waals surface area contributed by atoms with Gasteiger partial charge < -0.3 is 0 Å². The fourth-order valence-corrected chi connectivity index (χ4v) is 1.19. The van der Waals surface area contributed by atoms with Gasteiger partial charge in [-0.25, -0.2) is 0 Å². The van der Waals surface area contributed by atoms with E-state index in [4.69, 9.17) is 16.9 Å². The minimum Gasteiger partial charge on any atom is -0.198 e. The molecule has 0 heterocycles. The van der Waals surface area contributed by atoms with Gasteiger partial charge in [0, 0.05) is 5.88 Å². The molecular weight excluding hydrogens is 182 g/mol. The van der Waals surface area contributed by atoms with Crippen molar-refractivity contribution in [2.24, 2.45) is 0 Å². The number of rotatable bonds is 3. The van der Waals surface area contributed by atoms with Gasteiger partial charge in [0.1, 0.15) is 0 Å². The maximum Gasteiger partial charge on any atom is 0.0663 e. The molecule has 1 rings (SSSR count). The van der Waals surface area contributed by atoms with E-state index in [2.05, 4.69) is 6.07 Å². The molecule has 1 aromatic rings. The number of hydrogen-bond donors (Lipinski definition) is 0. The molecule has 13 heavy (non-hydrogen) atoms. The van der Waals surface area contributed by atoms with Gasteiger partial charge in [0.2, 0.25) is 0 Å². The number of benzene rings is 1. The van der Waals surface area contributed by atoms with Crippen LogP contribution in [-0.2, 0) is 5.88 Å². The number of alkyl halides is 1. The van der Waals surface area contributed by atoms with Crippen LogP contribution in [0.3, 0.4) is 0 Å². The predicted molar refractivity (Wildman–Crippen MR) is 55.3 cm³/mol. The third-order valence-corrected chi connectivity index (χ3v) is 1.93. The summed E-state index contributed by atoms with van der Waals surface area (Å²) in [6.07, 6.45) is 4.22. The summed E-state index contributed by atoms with van der Waals surface area (Å²) < 4.78 is 0. The van der Waals surface area contributed by atoms with E-state index in [9.17, 15) is 0 Å². The van der Waals surface area contributed by atoms with Crippen LogP contribution >= 0.6 is 11.6 Å². The summed E-state index contributed by atoms with van der Waals surface area (Å²) in [7, 11) is 0. The Hall–Kier alpha value is -1.26. The monoisotopic (exact) mass is 191 g/mol. The third-order valence-electron chi connectivity index (χ3n) is 1.62. The number of allylic oxidation sites excluding steroid dienone is 1. The zero-order chi connectivity index (χ0) is 9.52. The number of nitriles is 1. The maximum absolute atomic E-state index is 8.32. The molecule has 66 valence electrons. The topological polar surface area (TPSA) is 23.8 Å². The van der Waals surface area contributed by atoms with Crippen LogP contribution in [0, 0.1) is 11.3 Å². The molecule has 0 saturated carbocycles. The van der Waals surface area contributed by atoms with Crippen LogP contribution in [0.2, 0.25) is 0 Å². The molecule has 0 saturated heterocycles. The highest BCUT2D eigenvalue weighted by Crippen LogP contribution is 2.09. The number of nitrogens with zero attached hydrogens (tertiary/aromatic N) is 1. The summed E-state index contributed by atoms with van der Waals surface area (Å²) in [4.78, 5) is 0. The van der Waals surface area contributed by atoms with Gasteiger partial charge in [-0.3, -0.25) is 0 Å². The summed E-state index contributed by atoms with van der Waals surface area (Å²) in [6, 6.07) is 10.0. The summed E-state index contributed by atoms with van der Waals surface area (Å²) in [5, 5.41) is 8.32. The van der Waals surface area contributed by atoms with E-state index < -0.39 is 0 Å². The molecule has 0 spiro atoms. The molecular formula is C11H10ClN. The second-order valence-corrected chi connectivity index (χ2v) is 2.91. The van der Waals surface area contributed by atoms with Crippen LogP contribution < -0.4 is 0 Å². The van der Waals surface area contributed by atoms with E-state index in [1.165, 1.54) is 0 Å². The Morgan fingerprint density at radius 1 is 1.46 bits per heavy atom. The number of hydrogen-bond acceptors (Lipinski definition) is 1. The van der Waals surface area contributed by atoms with Crippen LogP contribution in [0.5, 0.6) is 0 Å². The SMILES string of the molecule is N#CCC=Cc1cccc(CCl)c1. The van der Waals surface area contributed by atoms with Crippen molar-refractivity contribution in [3.8, 4) is 6.07 Å². The fraction of sp³-hybridized carbons (Fsp3) is 0.182. The third kappa shape index (κ3) is 3.31. The summed E-state index contributed by atoms with van der Waals surface area (Å²) in [5.74, 6) is 0.528. The lowest BCUT2D eigenvalue weighted by Gasteiger charge is -1.96. The molecule has 0 aliphatic rings. The van der Waals surface area contributed by atoms with Gasteiger partial charge in [0.05, 0.1) is 12.5 Å². The van der Waals surface area contributed by atoms with Gasteiger partial charge >= 0.3 is 0 Å². The standard InChI is InChI=1S/C11H10ClN/c12-9-11-6-3-5-10(8-11)4-1-2-7-13/h1,3-6,8H,2,9H2. The fourth-order valence-electron chi connectivity index (χ4n) is 1.03. The first-order valence-corrected chi connectivity index (χ1v) is 4.58. The quantitative estimate of drug-likeness (QED) is 0.673. The van der Waals surface area contributed by atoms with Crippen LogP contribution in [-0.4, -0.2) is 0 Å². The lowest BCUT2D eigenvalue weighted by atomic mass is 10.1. The first kappa shape index (κ1) is 9.83. The van der Waals surface area contributed by atoms with Crippen LogP contribution in [0.1, 0.15) is 17.5 Å². The lowest BCUT2D eigenvalue weighted by Crippen LogP contribution is -1.78. The predicted octanol–water partition coefficient (Wildman–Crippen LogP) is 3.35. The van der Waals surface area contributed by atoms with Gasteiger partial charge in [-0.05, 0) is 11.1 Å². The van der Waals surface area contributed by atoms with E-state index >= 15 is 0 Å². The molecule has 0 amide bonds. The Labute approximate surface area is 83.3 Å².